The van der Waals surface area contributed by atoms with Gasteiger partial charge in [0.2, 0.25) is 0 Å². The number of thiophene rings is 1. The van der Waals surface area contributed by atoms with Gasteiger partial charge in [0.25, 0.3) is 0 Å². The highest BCUT2D eigenvalue weighted by atomic mass is 79.9. The van der Waals surface area contributed by atoms with Crippen LogP contribution in [0.15, 0.2) is 15.9 Å². The van der Waals surface area contributed by atoms with E-state index in [1.807, 2.05) is 11.4 Å². The van der Waals surface area contributed by atoms with E-state index in [4.69, 9.17) is 5.11 Å². The first-order valence-corrected chi connectivity index (χ1v) is 3.84. The second kappa shape index (κ2) is 2.62. The van der Waals surface area contributed by atoms with E-state index in [1.54, 1.807) is 11.3 Å². The lowest BCUT2D eigenvalue weighted by Crippen LogP contribution is -1.73. The fourth-order valence-corrected chi connectivity index (χ4v) is 1.77. The summed E-state index contributed by atoms with van der Waals surface area (Å²) in [5, 5.41) is 10.5. The standard InChI is InChI=1S/C5H5BrOS/c6-4-1-2-8-5(4)3-7/h1-2,7H,3H2. The van der Waals surface area contributed by atoms with Crippen molar-refractivity contribution in [2.45, 2.75) is 6.61 Å². The lowest BCUT2D eigenvalue weighted by atomic mass is 10.5. The highest BCUT2D eigenvalue weighted by molar-refractivity contribution is 9.10. The van der Waals surface area contributed by atoms with Crippen molar-refractivity contribution in [1.29, 1.82) is 0 Å². The van der Waals surface area contributed by atoms with Gasteiger partial charge in [0.05, 0.1) is 6.61 Å². The minimum Gasteiger partial charge on any atom is -0.391 e. The van der Waals surface area contributed by atoms with Crippen LogP contribution in [0.2, 0.25) is 0 Å². The molecule has 0 atom stereocenters. The minimum absolute atomic E-state index is 0.137. The van der Waals surface area contributed by atoms with Crippen LogP contribution in [-0.4, -0.2) is 5.11 Å². The quantitative estimate of drug-likeness (QED) is 0.723. The van der Waals surface area contributed by atoms with Crippen molar-refractivity contribution in [2.75, 3.05) is 0 Å². The van der Waals surface area contributed by atoms with E-state index in [0.29, 0.717) is 0 Å². The Morgan fingerprint density at radius 3 is 2.75 bits per heavy atom. The number of rotatable bonds is 1. The number of hydrogen-bond acceptors (Lipinski definition) is 2. The van der Waals surface area contributed by atoms with Crippen LogP contribution < -0.4 is 0 Å². The van der Waals surface area contributed by atoms with Gasteiger partial charge in [-0.15, -0.1) is 11.3 Å². The average molecular weight is 193 g/mol. The Hall–Kier alpha value is 0.140. The molecule has 0 spiro atoms. The number of halogens is 1. The van der Waals surface area contributed by atoms with Crippen LogP contribution in [0.3, 0.4) is 0 Å². The summed E-state index contributed by atoms with van der Waals surface area (Å²) in [6.45, 7) is 0.137. The minimum atomic E-state index is 0.137. The zero-order valence-electron chi connectivity index (χ0n) is 4.10. The summed E-state index contributed by atoms with van der Waals surface area (Å²) in [7, 11) is 0. The van der Waals surface area contributed by atoms with Gasteiger partial charge in [-0.2, -0.15) is 0 Å². The van der Waals surface area contributed by atoms with Crippen molar-refractivity contribution in [3.63, 3.8) is 0 Å². The zero-order valence-corrected chi connectivity index (χ0v) is 6.50. The highest BCUT2D eigenvalue weighted by Crippen LogP contribution is 2.21. The summed E-state index contributed by atoms with van der Waals surface area (Å²) in [6, 6.07) is 1.93. The molecule has 1 aromatic heterocycles. The lowest BCUT2D eigenvalue weighted by Gasteiger charge is -1.85. The summed E-state index contributed by atoms with van der Waals surface area (Å²) in [5.41, 5.74) is 0. The van der Waals surface area contributed by atoms with E-state index in [9.17, 15) is 0 Å². The molecule has 1 rings (SSSR count). The van der Waals surface area contributed by atoms with Crippen molar-refractivity contribution < 1.29 is 5.11 Å². The molecule has 1 N–H and O–H groups in total. The highest BCUT2D eigenvalue weighted by Gasteiger charge is 1.95. The number of aliphatic hydroxyl groups is 1. The Bertz CT molecular complexity index is 173. The fourth-order valence-electron chi connectivity index (χ4n) is 0.438. The van der Waals surface area contributed by atoms with Gasteiger partial charge in [-0.1, -0.05) is 0 Å². The molecule has 0 aliphatic heterocycles. The predicted molar refractivity (Wildman–Crippen MR) is 37.9 cm³/mol. The van der Waals surface area contributed by atoms with Crippen molar-refractivity contribution in [1.82, 2.24) is 0 Å². The molecule has 3 heteroatoms. The maximum atomic E-state index is 8.59. The van der Waals surface area contributed by atoms with Gasteiger partial charge in [-0.05, 0) is 27.4 Å². The molecule has 0 amide bonds. The molecule has 0 fully saturated rings. The Balaban J connectivity index is 2.92. The molecule has 44 valence electrons. The maximum absolute atomic E-state index is 8.59. The lowest BCUT2D eigenvalue weighted by molar-refractivity contribution is 0.285. The van der Waals surface area contributed by atoms with Gasteiger partial charge in [0, 0.05) is 9.35 Å². The Morgan fingerprint density at radius 1 is 1.75 bits per heavy atom. The molecule has 0 aliphatic rings. The first-order valence-electron chi connectivity index (χ1n) is 2.17. The van der Waals surface area contributed by atoms with Crippen LogP contribution >= 0.6 is 27.3 Å². The van der Waals surface area contributed by atoms with Gasteiger partial charge < -0.3 is 5.11 Å². The first kappa shape index (κ1) is 6.26. The average Bonchev–Trinajstić information content (AvgIpc) is 2.14. The molecule has 0 unspecified atom stereocenters. The topological polar surface area (TPSA) is 20.2 Å². The third-order valence-corrected chi connectivity index (χ3v) is 2.75. The Kier molecular flexibility index (Phi) is 2.05. The van der Waals surface area contributed by atoms with E-state index in [2.05, 4.69) is 15.9 Å². The zero-order chi connectivity index (χ0) is 5.98. The van der Waals surface area contributed by atoms with Crippen LogP contribution in [0, 0.1) is 0 Å². The fraction of sp³-hybridized carbons (Fsp3) is 0.200. The Labute approximate surface area is 60.1 Å². The summed E-state index contributed by atoms with van der Waals surface area (Å²) in [5.74, 6) is 0. The molecule has 1 nitrogen and oxygen atoms in total. The van der Waals surface area contributed by atoms with Gasteiger partial charge in [-0.3, -0.25) is 0 Å². The second-order valence-electron chi connectivity index (χ2n) is 1.35. The van der Waals surface area contributed by atoms with Crippen molar-refractivity contribution >= 4 is 27.3 Å². The summed E-state index contributed by atoms with van der Waals surface area (Å²) >= 11 is 4.83. The van der Waals surface area contributed by atoms with Crippen LogP contribution in [-0.2, 0) is 6.61 Å². The second-order valence-corrected chi connectivity index (χ2v) is 3.20. The molecule has 0 radical (unpaired) electrons. The molecular formula is C5H5BrOS. The smallest absolute Gasteiger partial charge is 0.0785 e. The monoisotopic (exact) mass is 192 g/mol. The number of aliphatic hydroxyl groups excluding tert-OH is 1. The van der Waals surface area contributed by atoms with Gasteiger partial charge in [-0.25, -0.2) is 0 Å². The molecule has 0 aliphatic carbocycles. The van der Waals surface area contributed by atoms with Crippen LogP contribution in [0.1, 0.15) is 4.88 Å². The van der Waals surface area contributed by atoms with E-state index < -0.39 is 0 Å². The number of hydrogen-bond donors (Lipinski definition) is 1. The molecule has 0 saturated heterocycles. The summed E-state index contributed by atoms with van der Waals surface area (Å²) in [6.07, 6.45) is 0. The van der Waals surface area contributed by atoms with Crippen molar-refractivity contribution in [3.8, 4) is 0 Å². The molecule has 8 heavy (non-hydrogen) atoms. The third kappa shape index (κ3) is 1.10. The predicted octanol–water partition coefficient (Wildman–Crippen LogP) is 2.00. The molecule has 0 aromatic carbocycles. The normalized spacial score (nSPS) is 9.75. The van der Waals surface area contributed by atoms with Gasteiger partial charge >= 0.3 is 0 Å². The van der Waals surface area contributed by atoms with E-state index in [1.165, 1.54) is 0 Å². The van der Waals surface area contributed by atoms with Gasteiger partial charge in [0.15, 0.2) is 0 Å². The van der Waals surface area contributed by atoms with Crippen molar-refractivity contribution in [3.05, 3.63) is 20.8 Å². The molecule has 1 aromatic rings. The molecule has 0 saturated carbocycles. The SMILES string of the molecule is OCc1sccc1Br. The van der Waals surface area contributed by atoms with Crippen LogP contribution in [0.25, 0.3) is 0 Å². The largest absolute Gasteiger partial charge is 0.391 e. The van der Waals surface area contributed by atoms with E-state index in [0.717, 1.165) is 9.35 Å². The third-order valence-electron chi connectivity index (χ3n) is 0.835. The summed E-state index contributed by atoms with van der Waals surface area (Å²) < 4.78 is 1.00. The summed E-state index contributed by atoms with van der Waals surface area (Å²) in [4.78, 5) is 0.991. The first-order chi connectivity index (χ1) is 3.84. The Morgan fingerprint density at radius 2 is 2.50 bits per heavy atom. The van der Waals surface area contributed by atoms with E-state index >= 15 is 0 Å². The molecule has 0 bridgehead atoms. The van der Waals surface area contributed by atoms with Crippen LogP contribution in [0.5, 0.6) is 0 Å². The molecule has 1 heterocycles. The van der Waals surface area contributed by atoms with E-state index in [-0.39, 0.29) is 6.61 Å². The van der Waals surface area contributed by atoms with Crippen LogP contribution in [0.4, 0.5) is 0 Å². The van der Waals surface area contributed by atoms with Gasteiger partial charge in [0.1, 0.15) is 0 Å². The molecular weight excluding hydrogens is 188 g/mol. The maximum Gasteiger partial charge on any atom is 0.0785 e. The van der Waals surface area contributed by atoms with Crippen molar-refractivity contribution in [2.24, 2.45) is 0 Å².